The summed E-state index contributed by atoms with van der Waals surface area (Å²) in [6.07, 6.45) is 4.34. The molecule has 0 aromatic rings. The maximum atomic E-state index is 12.1. The van der Waals surface area contributed by atoms with E-state index in [2.05, 4.69) is 26.1 Å². The molecule has 2 aliphatic rings. The smallest absolute Gasteiger partial charge is 0.328 e. The number of hydrogen-bond acceptors (Lipinski definition) is 3. The van der Waals surface area contributed by atoms with E-state index in [9.17, 15) is 9.59 Å². The Labute approximate surface area is 115 Å². The van der Waals surface area contributed by atoms with Crippen LogP contribution in [0.5, 0.6) is 0 Å². The fourth-order valence-corrected chi connectivity index (χ4v) is 3.27. The van der Waals surface area contributed by atoms with Gasteiger partial charge in [0.2, 0.25) is 5.91 Å². The molecule has 1 unspecified atom stereocenters. The third-order valence-corrected chi connectivity index (χ3v) is 4.51. The van der Waals surface area contributed by atoms with Crippen molar-refractivity contribution in [3.8, 4) is 0 Å². The first kappa shape index (κ1) is 14.4. The molecule has 1 amide bonds. The van der Waals surface area contributed by atoms with Crippen molar-refractivity contribution in [1.29, 1.82) is 0 Å². The average Bonchev–Trinajstić information content (AvgIpc) is 2.75. The van der Waals surface area contributed by atoms with Crippen LogP contribution in [0.25, 0.3) is 0 Å². The van der Waals surface area contributed by atoms with E-state index in [1.165, 1.54) is 6.42 Å². The Hall–Kier alpha value is -1.06. The second kappa shape index (κ2) is 5.93. The second-order valence-corrected chi connectivity index (χ2v) is 6.46. The molecule has 0 spiro atoms. The van der Waals surface area contributed by atoms with Gasteiger partial charge in [0.1, 0.15) is 12.1 Å². The fourth-order valence-electron chi connectivity index (χ4n) is 3.27. The Morgan fingerprint density at radius 1 is 1.32 bits per heavy atom. The maximum absolute atomic E-state index is 12.1. The van der Waals surface area contributed by atoms with E-state index >= 15 is 0 Å². The van der Waals surface area contributed by atoms with Crippen molar-refractivity contribution in [2.24, 2.45) is 17.8 Å². The normalized spacial score (nSPS) is 35.3. The molecule has 0 aromatic heterocycles. The number of carbonyl (C=O) groups is 2. The molecular formula is C15H25NO3. The topological polar surface area (TPSA) is 55.4 Å². The summed E-state index contributed by atoms with van der Waals surface area (Å²) in [5.74, 6) is 1.32. The summed E-state index contributed by atoms with van der Waals surface area (Å²) in [5.41, 5.74) is 0. The highest BCUT2D eigenvalue weighted by Crippen LogP contribution is 2.35. The van der Waals surface area contributed by atoms with Crippen LogP contribution in [0.15, 0.2) is 0 Å². The van der Waals surface area contributed by atoms with Crippen molar-refractivity contribution in [2.75, 3.05) is 0 Å². The van der Waals surface area contributed by atoms with Gasteiger partial charge in [0, 0.05) is 6.42 Å². The van der Waals surface area contributed by atoms with Crippen molar-refractivity contribution in [1.82, 2.24) is 5.32 Å². The number of nitrogens with one attached hydrogen (secondary N) is 1. The Kier molecular flexibility index (Phi) is 4.48. The molecule has 4 heteroatoms. The molecule has 2 rings (SSSR count). The lowest BCUT2D eigenvalue weighted by Crippen LogP contribution is -2.41. The molecule has 1 saturated carbocycles. The van der Waals surface area contributed by atoms with Crippen LogP contribution < -0.4 is 5.32 Å². The zero-order chi connectivity index (χ0) is 14.0. The van der Waals surface area contributed by atoms with Crippen LogP contribution in [-0.4, -0.2) is 24.0 Å². The first-order chi connectivity index (χ1) is 8.97. The lowest BCUT2D eigenvalue weighted by Gasteiger charge is -2.37. The summed E-state index contributed by atoms with van der Waals surface area (Å²) in [6, 6.07) is -0.419. The number of amides is 1. The van der Waals surface area contributed by atoms with Gasteiger partial charge in [-0.3, -0.25) is 4.79 Å². The highest BCUT2D eigenvalue weighted by atomic mass is 16.5. The van der Waals surface area contributed by atoms with E-state index in [0.29, 0.717) is 30.6 Å². The molecule has 2 fully saturated rings. The standard InChI is InChI=1S/C15H25NO3/c1-9(2)11-5-4-10(3)8-13(11)19-15(18)12-6-7-14(17)16-12/h9-13H,4-8H2,1-3H3,(H,16,17)/t10-,11+,12-,13?/m0/s1. The Balaban J connectivity index is 1.94. The predicted octanol–water partition coefficient (Wildman–Crippen LogP) is 2.27. The molecule has 1 aliphatic heterocycles. The van der Waals surface area contributed by atoms with Gasteiger partial charge < -0.3 is 10.1 Å². The number of carbonyl (C=O) groups excluding carboxylic acids is 2. The summed E-state index contributed by atoms with van der Waals surface area (Å²) in [5, 5.41) is 2.69. The summed E-state index contributed by atoms with van der Waals surface area (Å²) >= 11 is 0. The number of esters is 1. The third-order valence-electron chi connectivity index (χ3n) is 4.51. The molecule has 4 atom stereocenters. The van der Waals surface area contributed by atoms with E-state index in [0.717, 1.165) is 12.8 Å². The van der Waals surface area contributed by atoms with Crippen LogP contribution in [0.1, 0.15) is 52.9 Å². The van der Waals surface area contributed by atoms with Crippen molar-refractivity contribution in [3.63, 3.8) is 0 Å². The van der Waals surface area contributed by atoms with Crippen molar-refractivity contribution < 1.29 is 14.3 Å². The molecule has 0 radical (unpaired) electrons. The van der Waals surface area contributed by atoms with Crippen molar-refractivity contribution >= 4 is 11.9 Å². The number of hydrogen-bond donors (Lipinski definition) is 1. The van der Waals surface area contributed by atoms with Gasteiger partial charge >= 0.3 is 5.97 Å². The van der Waals surface area contributed by atoms with E-state index in [4.69, 9.17) is 4.74 Å². The highest BCUT2D eigenvalue weighted by molar-refractivity contribution is 5.88. The first-order valence-electron chi connectivity index (χ1n) is 7.47. The van der Waals surface area contributed by atoms with Crippen LogP contribution in [0.3, 0.4) is 0 Å². The molecule has 108 valence electrons. The molecule has 19 heavy (non-hydrogen) atoms. The largest absolute Gasteiger partial charge is 0.461 e. The molecular weight excluding hydrogens is 242 g/mol. The lowest BCUT2D eigenvalue weighted by atomic mass is 9.75. The summed E-state index contributed by atoms with van der Waals surface area (Å²) < 4.78 is 5.71. The SMILES string of the molecule is CC(C)[C@H]1CC[C@H](C)CC1OC(=O)[C@@H]1CCC(=O)N1. The van der Waals surface area contributed by atoms with Gasteiger partial charge in [-0.15, -0.1) is 0 Å². The van der Waals surface area contributed by atoms with Crippen LogP contribution in [0.2, 0.25) is 0 Å². The minimum atomic E-state index is -0.419. The number of rotatable bonds is 3. The highest BCUT2D eigenvalue weighted by Gasteiger charge is 2.36. The predicted molar refractivity (Wildman–Crippen MR) is 72.4 cm³/mol. The van der Waals surface area contributed by atoms with Gasteiger partial charge in [-0.25, -0.2) is 4.79 Å². The first-order valence-corrected chi connectivity index (χ1v) is 7.47. The van der Waals surface area contributed by atoms with Crippen molar-refractivity contribution in [2.45, 2.75) is 65.0 Å². The Morgan fingerprint density at radius 2 is 2.05 bits per heavy atom. The number of ether oxygens (including phenoxy) is 1. The lowest BCUT2D eigenvalue weighted by molar-refractivity contribution is -0.158. The monoisotopic (exact) mass is 267 g/mol. The molecule has 1 heterocycles. The molecule has 0 aromatic carbocycles. The Morgan fingerprint density at radius 3 is 2.63 bits per heavy atom. The van der Waals surface area contributed by atoms with Gasteiger partial charge in [0.25, 0.3) is 0 Å². The Bertz CT molecular complexity index is 353. The van der Waals surface area contributed by atoms with Crippen LogP contribution in [-0.2, 0) is 14.3 Å². The minimum Gasteiger partial charge on any atom is -0.461 e. The zero-order valence-corrected chi connectivity index (χ0v) is 12.1. The summed E-state index contributed by atoms with van der Waals surface area (Å²) in [4.78, 5) is 23.3. The second-order valence-electron chi connectivity index (χ2n) is 6.46. The van der Waals surface area contributed by atoms with Crippen molar-refractivity contribution in [3.05, 3.63) is 0 Å². The van der Waals surface area contributed by atoms with Gasteiger partial charge in [-0.05, 0) is 37.0 Å². The van der Waals surface area contributed by atoms with Crippen LogP contribution in [0, 0.1) is 17.8 Å². The van der Waals surface area contributed by atoms with Gasteiger partial charge in [0.05, 0.1) is 0 Å². The third kappa shape index (κ3) is 3.48. The van der Waals surface area contributed by atoms with E-state index < -0.39 is 6.04 Å². The van der Waals surface area contributed by atoms with E-state index in [1.807, 2.05) is 0 Å². The molecule has 1 N–H and O–H groups in total. The van der Waals surface area contributed by atoms with Crippen LogP contribution in [0.4, 0.5) is 0 Å². The average molecular weight is 267 g/mol. The quantitative estimate of drug-likeness (QED) is 0.798. The molecule has 0 bridgehead atoms. The van der Waals surface area contributed by atoms with Gasteiger partial charge in [0.15, 0.2) is 0 Å². The van der Waals surface area contributed by atoms with Gasteiger partial charge in [-0.2, -0.15) is 0 Å². The molecule has 1 saturated heterocycles. The molecule has 1 aliphatic carbocycles. The summed E-state index contributed by atoms with van der Waals surface area (Å²) in [6.45, 7) is 6.60. The van der Waals surface area contributed by atoms with E-state index in [1.54, 1.807) is 0 Å². The zero-order valence-electron chi connectivity index (χ0n) is 12.1. The van der Waals surface area contributed by atoms with Crippen LogP contribution >= 0.6 is 0 Å². The van der Waals surface area contributed by atoms with Gasteiger partial charge in [-0.1, -0.05) is 27.2 Å². The fraction of sp³-hybridized carbons (Fsp3) is 0.867. The maximum Gasteiger partial charge on any atom is 0.328 e. The van der Waals surface area contributed by atoms with E-state index in [-0.39, 0.29) is 18.0 Å². The summed E-state index contributed by atoms with van der Waals surface area (Å²) in [7, 11) is 0. The minimum absolute atomic E-state index is 0.0220. The molecule has 4 nitrogen and oxygen atoms in total.